The quantitative estimate of drug-likeness (QED) is 0.382. The lowest BCUT2D eigenvalue weighted by Crippen LogP contribution is -2.64. The molecule has 1 N–H and O–H groups in total. The smallest absolute Gasteiger partial charge is 0.224 e. The largest absolute Gasteiger partial charge is 0.409 e. The van der Waals surface area contributed by atoms with Crippen molar-refractivity contribution >= 4 is 14.2 Å². The molecule has 0 aromatic heterocycles. The molecule has 1 saturated heterocycles. The highest BCUT2D eigenvalue weighted by Crippen LogP contribution is 2.50. The molecule has 5 heteroatoms. The Labute approximate surface area is 199 Å². The van der Waals surface area contributed by atoms with Gasteiger partial charge in [-0.1, -0.05) is 80.1 Å². The van der Waals surface area contributed by atoms with E-state index in [-0.39, 0.29) is 23.8 Å². The molecule has 32 heavy (non-hydrogen) atoms. The summed E-state index contributed by atoms with van der Waals surface area (Å²) >= 11 is 0. The fourth-order valence-electron chi connectivity index (χ4n) is 7.77. The van der Waals surface area contributed by atoms with Gasteiger partial charge in [0.2, 0.25) is 14.2 Å². The zero-order valence-electron chi connectivity index (χ0n) is 22.0. The number of hydrogen-bond donors (Lipinski definition) is 1. The number of carbonyl (C=O) groups excluding carboxylic acids is 1. The molecule has 0 aromatic rings. The summed E-state index contributed by atoms with van der Waals surface area (Å²) in [5.41, 5.74) is 1.27. The van der Waals surface area contributed by atoms with Gasteiger partial charge in [-0.2, -0.15) is 0 Å². The van der Waals surface area contributed by atoms with Gasteiger partial charge in [0.05, 0.1) is 18.1 Å². The molecule has 3 aliphatic rings. The molecule has 186 valence electrons. The molecule has 2 atom stereocenters. The number of amides is 1. The average molecular weight is 466 g/mol. The molecule has 2 saturated carbocycles. The van der Waals surface area contributed by atoms with Crippen LogP contribution < -0.4 is 5.32 Å². The summed E-state index contributed by atoms with van der Waals surface area (Å²) in [7, 11) is -2.05. The number of ether oxygens (including phenoxy) is 1. The highest BCUT2D eigenvalue weighted by atomic mass is 28.4. The summed E-state index contributed by atoms with van der Waals surface area (Å²) < 4.78 is 14.2. The molecule has 4 nitrogen and oxygen atoms in total. The van der Waals surface area contributed by atoms with E-state index in [0.717, 1.165) is 0 Å². The second-order valence-corrected chi connectivity index (χ2v) is 17.5. The fourth-order valence-corrected chi connectivity index (χ4v) is 13.4. The van der Waals surface area contributed by atoms with Crippen LogP contribution in [0, 0.1) is 11.8 Å². The van der Waals surface area contributed by atoms with Crippen molar-refractivity contribution in [3.05, 3.63) is 0 Å². The van der Waals surface area contributed by atoms with E-state index in [4.69, 9.17) is 9.16 Å². The Bertz CT molecular complexity index is 568. The standard InChI is InChI=1S/C27H51NO3Si/c1-19(2)32(20(3)4,21(5)6)31-22(7)26-28-25(29)18-27(30-26,23-14-10-8-11-15-23)24-16-12-9-13-17-24/h19-24,26H,8-18H2,1-7H3,(H,28,29)/t22-,26+/m1/s1. The zero-order valence-corrected chi connectivity index (χ0v) is 23.0. The Morgan fingerprint density at radius 3 is 1.66 bits per heavy atom. The molecule has 2 aliphatic carbocycles. The SMILES string of the molecule is CC(C)[Si](O[C@H](C)[C@H]1NC(=O)CC(C2CCCCC2)(C2CCCCC2)O1)(C(C)C)C(C)C. The van der Waals surface area contributed by atoms with Gasteiger partial charge in [0, 0.05) is 0 Å². The van der Waals surface area contributed by atoms with Gasteiger partial charge >= 0.3 is 0 Å². The summed E-state index contributed by atoms with van der Waals surface area (Å²) in [5, 5.41) is 3.22. The molecule has 3 rings (SSSR count). The van der Waals surface area contributed by atoms with E-state index in [9.17, 15) is 4.79 Å². The summed E-state index contributed by atoms with van der Waals surface area (Å²) in [6.07, 6.45) is 12.8. The van der Waals surface area contributed by atoms with E-state index in [1.165, 1.54) is 64.2 Å². The zero-order chi connectivity index (χ0) is 23.5. The first-order valence-electron chi connectivity index (χ1n) is 13.8. The summed E-state index contributed by atoms with van der Waals surface area (Å²) in [4.78, 5) is 13.2. The molecule has 0 unspecified atom stereocenters. The number of hydrogen-bond acceptors (Lipinski definition) is 3. The van der Waals surface area contributed by atoms with Crippen molar-refractivity contribution in [2.75, 3.05) is 0 Å². The van der Waals surface area contributed by atoms with Crippen LogP contribution in [0.2, 0.25) is 16.6 Å². The van der Waals surface area contributed by atoms with E-state index in [1.807, 2.05) is 0 Å². The maximum absolute atomic E-state index is 13.2. The third-order valence-electron chi connectivity index (χ3n) is 9.20. The predicted molar refractivity (Wildman–Crippen MR) is 135 cm³/mol. The van der Waals surface area contributed by atoms with Crippen LogP contribution >= 0.6 is 0 Å². The number of nitrogens with one attached hydrogen (secondary N) is 1. The molecule has 0 spiro atoms. The van der Waals surface area contributed by atoms with E-state index in [0.29, 0.717) is 34.9 Å². The van der Waals surface area contributed by atoms with E-state index in [1.54, 1.807) is 0 Å². The van der Waals surface area contributed by atoms with Gasteiger partial charge in [0.25, 0.3) is 0 Å². The minimum Gasteiger partial charge on any atom is -0.409 e. The minimum absolute atomic E-state index is 0.121. The van der Waals surface area contributed by atoms with Crippen LogP contribution in [0.15, 0.2) is 0 Å². The van der Waals surface area contributed by atoms with Gasteiger partial charge in [-0.05, 0) is 61.1 Å². The van der Waals surface area contributed by atoms with Gasteiger partial charge in [0.15, 0.2) is 6.23 Å². The maximum atomic E-state index is 13.2. The summed E-state index contributed by atoms with van der Waals surface area (Å²) in [6, 6.07) is 0. The van der Waals surface area contributed by atoms with Gasteiger partial charge < -0.3 is 14.5 Å². The summed E-state index contributed by atoms with van der Waals surface area (Å²) in [6.45, 7) is 16.1. The van der Waals surface area contributed by atoms with Crippen molar-refractivity contribution in [3.63, 3.8) is 0 Å². The third-order valence-corrected chi connectivity index (χ3v) is 15.4. The molecule has 1 heterocycles. The Kier molecular flexibility index (Phi) is 8.93. The molecule has 0 radical (unpaired) electrons. The molecular formula is C27H51NO3Si. The van der Waals surface area contributed by atoms with Crippen molar-refractivity contribution in [1.29, 1.82) is 0 Å². The number of carbonyl (C=O) groups is 1. The van der Waals surface area contributed by atoms with E-state index < -0.39 is 8.32 Å². The second-order valence-electron chi connectivity index (χ2n) is 12.0. The Morgan fingerprint density at radius 1 is 0.812 bits per heavy atom. The monoisotopic (exact) mass is 465 g/mol. The minimum atomic E-state index is -2.05. The summed E-state index contributed by atoms with van der Waals surface area (Å²) in [5.74, 6) is 1.21. The topological polar surface area (TPSA) is 47.6 Å². The van der Waals surface area contributed by atoms with Crippen molar-refractivity contribution in [2.45, 2.75) is 154 Å². The fraction of sp³-hybridized carbons (Fsp3) is 0.963. The van der Waals surface area contributed by atoms with E-state index in [2.05, 4.69) is 53.8 Å². The first-order chi connectivity index (χ1) is 15.1. The first kappa shape index (κ1) is 26.2. The average Bonchev–Trinajstić information content (AvgIpc) is 2.77. The maximum Gasteiger partial charge on any atom is 0.224 e. The number of rotatable bonds is 8. The van der Waals surface area contributed by atoms with Crippen LogP contribution in [0.5, 0.6) is 0 Å². The highest BCUT2D eigenvalue weighted by Gasteiger charge is 2.54. The van der Waals surface area contributed by atoms with Crippen LogP contribution in [-0.2, 0) is 14.0 Å². The Balaban J connectivity index is 1.88. The van der Waals surface area contributed by atoms with Crippen molar-refractivity contribution in [3.8, 4) is 0 Å². The lowest BCUT2D eigenvalue weighted by Gasteiger charge is -2.54. The normalized spacial score (nSPS) is 27.2. The van der Waals surface area contributed by atoms with Crippen molar-refractivity contribution in [1.82, 2.24) is 5.32 Å². The molecule has 3 fully saturated rings. The van der Waals surface area contributed by atoms with Crippen molar-refractivity contribution in [2.24, 2.45) is 11.8 Å². The first-order valence-corrected chi connectivity index (χ1v) is 15.9. The molecular weight excluding hydrogens is 414 g/mol. The van der Waals surface area contributed by atoms with Crippen LogP contribution in [0.4, 0.5) is 0 Å². The van der Waals surface area contributed by atoms with Gasteiger partial charge in [-0.3, -0.25) is 4.79 Å². The molecule has 0 bridgehead atoms. The molecule has 1 aliphatic heterocycles. The van der Waals surface area contributed by atoms with Crippen LogP contribution in [0.25, 0.3) is 0 Å². The van der Waals surface area contributed by atoms with Crippen LogP contribution in [0.1, 0.15) is 119 Å². The van der Waals surface area contributed by atoms with Gasteiger partial charge in [-0.15, -0.1) is 0 Å². The lowest BCUT2D eigenvalue weighted by molar-refractivity contribution is -0.224. The van der Waals surface area contributed by atoms with Crippen LogP contribution in [-0.4, -0.2) is 32.2 Å². The van der Waals surface area contributed by atoms with Gasteiger partial charge in [-0.25, -0.2) is 0 Å². The van der Waals surface area contributed by atoms with Crippen molar-refractivity contribution < 1.29 is 14.0 Å². The molecule has 0 aromatic carbocycles. The lowest BCUT2D eigenvalue weighted by atomic mass is 9.64. The second kappa shape index (κ2) is 10.9. The van der Waals surface area contributed by atoms with E-state index >= 15 is 0 Å². The Hall–Kier alpha value is -0.393. The Morgan fingerprint density at radius 2 is 1.25 bits per heavy atom. The van der Waals surface area contributed by atoms with Gasteiger partial charge in [0.1, 0.15) is 0 Å². The predicted octanol–water partition coefficient (Wildman–Crippen LogP) is 7.33. The molecule has 1 amide bonds. The third kappa shape index (κ3) is 5.15. The highest BCUT2D eigenvalue weighted by molar-refractivity contribution is 6.77. The van der Waals surface area contributed by atoms with Crippen LogP contribution in [0.3, 0.4) is 0 Å².